The Morgan fingerprint density at radius 3 is 2.88 bits per heavy atom. The molecule has 6 nitrogen and oxygen atoms in total. The van der Waals surface area contributed by atoms with E-state index in [2.05, 4.69) is 12.1 Å². The van der Waals surface area contributed by atoms with Crippen molar-refractivity contribution < 1.29 is 23.8 Å². The molecule has 144 valence electrons. The molecule has 0 radical (unpaired) electrons. The number of oxime groups is 1. The summed E-state index contributed by atoms with van der Waals surface area (Å²) < 4.78 is 16.9. The molecule has 0 aliphatic carbocycles. The summed E-state index contributed by atoms with van der Waals surface area (Å²) in [4.78, 5) is 17.3. The Hall–Kier alpha value is -1.79. The van der Waals surface area contributed by atoms with Gasteiger partial charge >= 0.3 is 5.97 Å². The maximum atomic E-state index is 12.1. The first kappa shape index (κ1) is 20.5. The molecule has 1 aromatic rings. The van der Waals surface area contributed by atoms with E-state index in [1.165, 1.54) is 0 Å². The van der Waals surface area contributed by atoms with E-state index in [1.54, 1.807) is 25.1 Å². The van der Waals surface area contributed by atoms with Crippen molar-refractivity contribution in [1.29, 1.82) is 0 Å². The van der Waals surface area contributed by atoms with E-state index in [0.717, 1.165) is 12.8 Å². The molecule has 0 spiro atoms. The van der Waals surface area contributed by atoms with Crippen LogP contribution in [-0.4, -0.2) is 43.7 Å². The van der Waals surface area contributed by atoms with Gasteiger partial charge in [-0.2, -0.15) is 0 Å². The Morgan fingerprint density at radius 1 is 1.38 bits per heavy atom. The molecule has 1 aliphatic heterocycles. The van der Waals surface area contributed by atoms with Gasteiger partial charge in [-0.05, 0) is 38.0 Å². The van der Waals surface area contributed by atoms with E-state index in [1.807, 2.05) is 6.92 Å². The second kappa shape index (κ2) is 10.4. The summed E-state index contributed by atoms with van der Waals surface area (Å²) in [6, 6.07) is 5.18. The maximum absolute atomic E-state index is 12.1. The lowest BCUT2D eigenvalue weighted by molar-refractivity contribution is -0.151. The third-order valence-corrected chi connectivity index (χ3v) is 4.15. The number of esters is 1. The van der Waals surface area contributed by atoms with Crippen LogP contribution in [0.15, 0.2) is 23.4 Å². The van der Waals surface area contributed by atoms with Crippen molar-refractivity contribution >= 4 is 23.3 Å². The highest BCUT2D eigenvalue weighted by molar-refractivity contribution is 6.31. The zero-order valence-corrected chi connectivity index (χ0v) is 16.3. The van der Waals surface area contributed by atoms with Crippen LogP contribution >= 0.6 is 11.6 Å². The maximum Gasteiger partial charge on any atom is 0.347 e. The lowest BCUT2D eigenvalue weighted by atomic mass is 10.0. The van der Waals surface area contributed by atoms with E-state index in [9.17, 15) is 4.79 Å². The van der Waals surface area contributed by atoms with Crippen LogP contribution in [0.25, 0.3) is 0 Å². The number of nitrogens with zero attached hydrogens (tertiary/aromatic N) is 1. The van der Waals surface area contributed by atoms with Crippen LogP contribution in [0, 0.1) is 0 Å². The molecule has 1 heterocycles. The van der Waals surface area contributed by atoms with Crippen LogP contribution < -0.4 is 4.74 Å². The molecule has 2 rings (SSSR count). The quantitative estimate of drug-likeness (QED) is 0.451. The molecular formula is C19H26ClNO5. The second-order valence-electron chi connectivity index (χ2n) is 5.89. The SMILES string of the molecule is CCCCOC1CON=C1c1cc(Cl)ccc1O[C@@H](CC)C(=O)OCC. The molecule has 0 saturated carbocycles. The molecule has 0 aromatic heterocycles. The number of carbonyl (C=O) groups excluding carboxylic acids is 1. The fourth-order valence-electron chi connectivity index (χ4n) is 2.52. The molecule has 0 bridgehead atoms. The Labute approximate surface area is 159 Å². The number of rotatable bonds is 10. The van der Waals surface area contributed by atoms with Crippen molar-refractivity contribution in [3.8, 4) is 5.75 Å². The molecule has 7 heteroatoms. The summed E-state index contributed by atoms with van der Waals surface area (Å²) in [7, 11) is 0. The summed E-state index contributed by atoms with van der Waals surface area (Å²) in [5, 5.41) is 4.66. The highest BCUT2D eigenvalue weighted by atomic mass is 35.5. The van der Waals surface area contributed by atoms with Crippen LogP contribution in [0.4, 0.5) is 0 Å². The average molecular weight is 384 g/mol. The van der Waals surface area contributed by atoms with Crippen molar-refractivity contribution in [3.05, 3.63) is 28.8 Å². The molecule has 0 saturated heterocycles. The predicted molar refractivity (Wildman–Crippen MR) is 99.9 cm³/mol. The molecule has 26 heavy (non-hydrogen) atoms. The standard InChI is InChI=1S/C19H26ClNO5/c1-4-7-10-24-17-12-25-21-18(17)14-11-13(20)8-9-16(14)26-15(5-2)19(22)23-6-3/h8-9,11,15,17H,4-7,10,12H2,1-3H3/t15-,17?/m0/s1. The van der Waals surface area contributed by atoms with Gasteiger partial charge in [-0.25, -0.2) is 4.79 Å². The topological polar surface area (TPSA) is 66.3 Å². The van der Waals surface area contributed by atoms with Gasteiger partial charge in [0.05, 0.1) is 6.61 Å². The monoisotopic (exact) mass is 383 g/mol. The van der Waals surface area contributed by atoms with Crippen LogP contribution in [0.1, 0.15) is 45.6 Å². The summed E-state index contributed by atoms with van der Waals surface area (Å²) in [5.74, 6) is 0.110. The van der Waals surface area contributed by atoms with Gasteiger partial charge in [-0.15, -0.1) is 0 Å². The molecule has 2 atom stereocenters. The van der Waals surface area contributed by atoms with Crippen molar-refractivity contribution in [2.45, 2.75) is 52.2 Å². The summed E-state index contributed by atoms with van der Waals surface area (Å²) >= 11 is 6.17. The molecule has 1 unspecified atom stereocenters. The number of carbonyl (C=O) groups is 1. The highest BCUT2D eigenvalue weighted by Crippen LogP contribution is 2.29. The van der Waals surface area contributed by atoms with Crippen LogP contribution in [0.3, 0.4) is 0 Å². The van der Waals surface area contributed by atoms with E-state index in [-0.39, 0.29) is 6.10 Å². The normalized spacial score (nSPS) is 17.4. The summed E-state index contributed by atoms with van der Waals surface area (Å²) in [6.45, 7) is 7.01. The average Bonchev–Trinajstić information content (AvgIpc) is 3.09. The van der Waals surface area contributed by atoms with Crippen molar-refractivity contribution in [3.63, 3.8) is 0 Å². The smallest absolute Gasteiger partial charge is 0.347 e. The number of ether oxygens (including phenoxy) is 3. The third-order valence-electron chi connectivity index (χ3n) is 3.92. The fraction of sp³-hybridized carbons (Fsp3) is 0.579. The Balaban J connectivity index is 2.22. The minimum Gasteiger partial charge on any atom is -0.478 e. The van der Waals surface area contributed by atoms with Crippen molar-refractivity contribution in [2.24, 2.45) is 5.16 Å². The van der Waals surface area contributed by atoms with Gasteiger partial charge in [0, 0.05) is 17.2 Å². The number of hydrogen-bond acceptors (Lipinski definition) is 6. The van der Waals surface area contributed by atoms with Crippen molar-refractivity contribution in [2.75, 3.05) is 19.8 Å². The Kier molecular flexibility index (Phi) is 8.19. The van der Waals surface area contributed by atoms with Gasteiger partial charge in [0.1, 0.15) is 24.2 Å². The molecule has 0 N–H and O–H groups in total. The fourth-order valence-corrected chi connectivity index (χ4v) is 2.70. The lowest BCUT2D eigenvalue weighted by Gasteiger charge is -2.20. The number of halogens is 1. The molecular weight excluding hydrogens is 358 g/mol. The number of benzene rings is 1. The first-order valence-electron chi connectivity index (χ1n) is 9.05. The first-order valence-corrected chi connectivity index (χ1v) is 9.43. The van der Waals surface area contributed by atoms with Crippen LogP contribution in [-0.2, 0) is 19.1 Å². The van der Waals surface area contributed by atoms with Gasteiger partial charge in [0.15, 0.2) is 6.10 Å². The predicted octanol–water partition coefficient (Wildman–Crippen LogP) is 3.98. The minimum absolute atomic E-state index is 0.287. The zero-order chi connectivity index (χ0) is 18.9. The van der Waals surface area contributed by atoms with Gasteiger partial charge in [-0.1, -0.05) is 37.0 Å². The van der Waals surface area contributed by atoms with E-state index >= 15 is 0 Å². The largest absolute Gasteiger partial charge is 0.478 e. The number of hydrogen-bond donors (Lipinski definition) is 0. The molecule has 1 aromatic carbocycles. The highest BCUT2D eigenvalue weighted by Gasteiger charge is 2.30. The van der Waals surface area contributed by atoms with Crippen LogP contribution in [0.2, 0.25) is 5.02 Å². The first-order chi connectivity index (χ1) is 12.6. The summed E-state index contributed by atoms with van der Waals surface area (Å²) in [6.07, 6.45) is 1.51. The molecule has 0 fully saturated rings. The van der Waals surface area contributed by atoms with E-state index in [4.69, 9.17) is 30.6 Å². The van der Waals surface area contributed by atoms with Gasteiger partial charge < -0.3 is 19.0 Å². The van der Waals surface area contributed by atoms with E-state index in [0.29, 0.717) is 48.3 Å². The second-order valence-corrected chi connectivity index (χ2v) is 6.33. The third kappa shape index (κ3) is 5.35. The van der Waals surface area contributed by atoms with Crippen LogP contribution in [0.5, 0.6) is 5.75 Å². The van der Waals surface area contributed by atoms with Gasteiger partial charge in [-0.3, -0.25) is 0 Å². The zero-order valence-electron chi connectivity index (χ0n) is 15.5. The Morgan fingerprint density at radius 2 is 2.19 bits per heavy atom. The van der Waals surface area contributed by atoms with Crippen molar-refractivity contribution in [1.82, 2.24) is 0 Å². The molecule has 1 aliphatic rings. The van der Waals surface area contributed by atoms with E-state index < -0.39 is 12.1 Å². The van der Waals surface area contributed by atoms with Gasteiger partial charge in [0.25, 0.3) is 0 Å². The minimum atomic E-state index is -0.697. The lowest BCUT2D eigenvalue weighted by Crippen LogP contribution is -2.30. The summed E-state index contributed by atoms with van der Waals surface area (Å²) in [5.41, 5.74) is 1.29. The Bertz CT molecular complexity index is 634. The number of unbranched alkanes of at least 4 members (excludes halogenated alkanes) is 1. The molecule has 0 amide bonds. The van der Waals surface area contributed by atoms with Gasteiger partial charge in [0.2, 0.25) is 0 Å².